The summed E-state index contributed by atoms with van der Waals surface area (Å²) in [6, 6.07) is 8.53. The highest BCUT2D eigenvalue weighted by atomic mass is 16.3. The van der Waals surface area contributed by atoms with Gasteiger partial charge >= 0.3 is 0 Å². The van der Waals surface area contributed by atoms with Crippen molar-refractivity contribution in [3.05, 3.63) is 30.3 Å². The topological polar surface area (TPSA) is 88.1 Å². The average Bonchev–Trinajstić information content (AvgIpc) is 2.83. The van der Waals surface area contributed by atoms with Crippen molar-refractivity contribution >= 4 is 16.8 Å². The lowest BCUT2D eigenvalue weighted by molar-refractivity contribution is 0.474. The van der Waals surface area contributed by atoms with Crippen molar-refractivity contribution in [2.75, 3.05) is 5.73 Å². The molecule has 5 heteroatoms. The number of aromatic hydroxyl groups is 1. The monoisotopic (exact) mass is 215 g/mol. The lowest BCUT2D eigenvalue weighted by atomic mass is 10.2. The minimum Gasteiger partial charge on any atom is -0.508 e. The Hall–Kier alpha value is -2.43. The molecule has 0 fully saturated rings. The van der Waals surface area contributed by atoms with E-state index in [9.17, 15) is 5.11 Å². The molecule has 0 amide bonds. The lowest BCUT2D eigenvalue weighted by Gasteiger charge is -1.89. The summed E-state index contributed by atoms with van der Waals surface area (Å²) in [5, 5.41) is 16.8. The molecule has 80 valence electrons. The van der Waals surface area contributed by atoms with E-state index in [4.69, 9.17) is 10.2 Å². The van der Waals surface area contributed by atoms with Crippen molar-refractivity contribution in [1.82, 2.24) is 10.2 Å². The van der Waals surface area contributed by atoms with Gasteiger partial charge in [-0.1, -0.05) is 0 Å². The van der Waals surface area contributed by atoms with Gasteiger partial charge in [0.15, 0.2) is 5.76 Å². The predicted octanol–water partition coefficient (Wildman–Crippen LogP) is 2.11. The van der Waals surface area contributed by atoms with E-state index in [1.165, 1.54) is 0 Å². The van der Waals surface area contributed by atoms with Crippen LogP contribution < -0.4 is 5.73 Å². The number of benzene rings is 1. The second-order valence-electron chi connectivity index (χ2n) is 3.54. The van der Waals surface area contributed by atoms with E-state index >= 15 is 0 Å². The number of hydrogen-bond acceptors (Lipinski definition) is 4. The number of aromatic nitrogens is 2. The molecule has 3 rings (SSSR count). The number of nitrogen functional groups attached to an aromatic ring is 1. The van der Waals surface area contributed by atoms with Crippen LogP contribution in [0, 0.1) is 0 Å². The van der Waals surface area contributed by atoms with Crippen LogP contribution in [-0.4, -0.2) is 15.3 Å². The Bertz CT molecular complexity index is 654. The predicted molar refractivity (Wildman–Crippen MR) is 59.9 cm³/mol. The van der Waals surface area contributed by atoms with Crippen LogP contribution in [0.4, 0.5) is 5.82 Å². The lowest BCUT2D eigenvalue weighted by Crippen LogP contribution is -1.81. The molecule has 4 N–H and O–H groups in total. The van der Waals surface area contributed by atoms with Crippen LogP contribution in [0.25, 0.3) is 22.4 Å². The number of hydrogen-bond donors (Lipinski definition) is 3. The number of fused-ring (bicyclic) bond motifs is 1. The molecule has 0 unspecified atom stereocenters. The molecule has 1 aromatic carbocycles. The highest BCUT2D eigenvalue weighted by molar-refractivity contribution is 5.83. The van der Waals surface area contributed by atoms with Crippen LogP contribution in [0.1, 0.15) is 0 Å². The maximum absolute atomic E-state index is 9.31. The van der Waals surface area contributed by atoms with Gasteiger partial charge in [0.2, 0.25) is 0 Å². The fourth-order valence-corrected chi connectivity index (χ4v) is 1.62. The number of nitrogens with zero attached hydrogens (tertiary/aromatic N) is 1. The second kappa shape index (κ2) is 3.03. The van der Waals surface area contributed by atoms with E-state index < -0.39 is 0 Å². The summed E-state index contributed by atoms with van der Waals surface area (Å²) in [5.74, 6) is 1.24. The Morgan fingerprint density at radius 3 is 2.88 bits per heavy atom. The van der Waals surface area contributed by atoms with E-state index in [0.29, 0.717) is 22.9 Å². The van der Waals surface area contributed by atoms with Gasteiger partial charge in [0.05, 0.1) is 0 Å². The van der Waals surface area contributed by atoms with Crippen LogP contribution in [0.5, 0.6) is 5.75 Å². The SMILES string of the molecule is Nc1cc(-c2cc3ccc(O)cc3o2)[nH]n1. The molecule has 0 spiro atoms. The number of anilines is 1. The summed E-state index contributed by atoms with van der Waals surface area (Å²) in [6.07, 6.45) is 0. The van der Waals surface area contributed by atoms with Gasteiger partial charge in [-0.25, -0.2) is 0 Å². The third kappa shape index (κ3) is 1.30. The van der Waals surface area contributed by atoms with Crippen LogP contribution in [0.3, 0.4) is 0 Å². The minimum atomic E-state index is 0.178. The van der Waals surface area contributed by atoms with Crippen molar-refractivity contribution in [1.29, 1.82) is 0 Å². The Kier molecular flexibility index (Phi) is 1.67. The normalized spacial score (nSPS) is 11.0. The first kappa shape index (κ1) is 8.84. The number of aromatic amines is 1. The Morgan fingerprint density at radius 2 is 2.12 bits per heavy atom. The zero-order chi connectivity index (χ0) is 11.1. The standard InChI is InChI=1S/C11H9N3O2/c12-11-5-8(13-14-11)10-3-6-1-2-7(15)4-9(6)16-10/h1-5,15H,(H3,12,13,14). The van der Waals surface area contributed by atoms with Crippen LogP contribution in [0.2, 0.25) is 0 Å². The van der Waals surface area contributed by atoms with Gasteiger partial charge in [0.25, 0.3) is 0 Å². The molecular weight excluding hydrogens is 206 g/mol. The zero-order valence-corrected chi connectivity index (χ0v) is 8.27. The molecule has 2 heterocycles. The maximum atomic E-state index is 9.31. The summed E-state index contributed by atoms with van der Waals surface area (Å²) in [7, 11) is 0. The maximum Gasteiger partial charge on any atom is 0.153 e. The molecule has 5 nitrogen and oxygen atoms in total. The highest BCUT2D eigenvalue weighted by Crippen LogP contribution is 2.29. The second-order valence-corrected chi connectivity index (χ2v) is 3.54. The molecule has 0 saturated carbocycles. The quantitative estimate of drug-likeness (QED) is 0.580. The largest absolute Gasteiger partial charge is 0.508 e. The fourth-order valence-electron chi connectivity index (χ4n) is 1.62. The van der Waals surface area contributed by atoms with E-state index in [-0.39, 0.29) is 5.75 Å². The summed E-state index contributed by atoms with van der Waals surface area (Å²) in [5.41, 5.74) is 6.85. The van der Waals surface area contributed by atoms with Crippen molar-refractivity contribution in [2.45, 2.75) is 0 Å². The van der Waals surface area contributed by atoms with E-state index in [1.807, 2.05) is 6.07 Å². The van der Waals surface area contributed by atoms with Gasteiger partial charge in [-0.3, -0.25) is 5.10 Å². The minimum absolute atomic E-state index is 0.178. The number of phenols is 1. The third-order valence-corrected chi connectivity index (χ3v) is 2.37. The molecule has 2 aromatic heterocycles. The van der Waals surface area contributed by atoms with Gasteiger partial charge in [-0.2, -0.15) is 5.10 Å². The van der Waals surface area contributed by atoms with E-state index in [1.54, 1.807) is 24.3 Å². The summed E-state index contributed by atoms with van der Waals surface area (Å²) >= 11 is 0. The third-order valence-electron chi connectivity index (χ3n) is 2.37. The van der Waals surface area contributed by atoms with Crippen molar-refractivity contribution in [3.8, 4) is 17.2 Å². The number of rotatable bonds is 1. The Labute approximate surface area is 90.5 Å². The smallest absolute Gasteiger partial charge is 0.153 e. The summed E-state index contributed by atoms with van der Waals surface area (Å²) in [4.78, 5) is 0. The molecule has 0 atom stereocenters. The number of H-pyrrole nitrogens is 1. The Balaban J connectivity index is 2.18. The fraction of sp³-hybridized carbons (Fsp3) is 0. The molecule has 0 radical (unpaired) electrons. The van der Waals surface area contributed by atoms with Crippen molar-refractivity contribution in [2.24, 2.45) is 0 Å². The zero-order valence-electron chi connectivity index (χ0n) is 8.27. The summed E-state index contributed by atoms with van der Waals surface area (Å²) < 4.78 is 5.56. The number of phenolic OH excluding ortho intramolecular Hbond substituents is 1. The molecule has 0 aliphatic rings. The van der Waals surface area contributed by atoms with Crippen molar-refractivity contribution in [3.63, 3.8) is 0 Å². The first-order chi connectivity index (χ1) is 7.72. The van der Waals surface area contributed by atoms with Crippen molar-refractivity contribution < 1.29 is 9.52 Å². The van der Waals surface area contributed by atoms with Gasteiger partial charge in [0, 0.05) is 17.5 Å². The molecule has 16 heavy (non-hydrogen) atoms. The number of furan rings is 1. The van der Waals surface area contributed by atoms with Gasteiger partial charge < -0.3 is 15.3 Å². The van der Waals surface area contributed by atoms with Gasteiger partial charge in [-0.15, -0.1) is 0 Å². The van der Waals surface area contributed by atoms with Gasteiger partial charge in [0.1, 0.15) is 22.8 Å². The molecule has 0 aliphatic carbocycles. The van der Waals surface area contributed by atoms with Crippen LogP contribution in [0.15, 0.2) is 34.7 Å². The summed E-state index contributed by atoms with van der Waals surface area (Å²) in [6.45, 7) is 0. The molecule has 0 saturated heterocycles. The van der Waals surface area contributed by atoms with Gasteiger partial charge in [-0.05, 0) is 18.2 Å². The highest BCUT2D eigenvalue weighted by Gasteiger charge is 2.08. The number of nitrogens with two attached hydrogens (primary N) is 1. The van der Waals surface area contributed by atoms with Crippen LogP contribution in [-0.2, 0) is 0 Å². The first-order valence-electron chi connectivity index (χ1n) is 4.76. The van der Waals surface area contributed by atoms with E-state index in [0.717, 1.165) is 5.39 Å². The molecule has 0 aliphatic heterocycles. The number of nitrogens with one attached hydrogen (secondary N) is 1. The molecule has 0 bridgehead atoms. The molecule has 3 aromatic rings. The van der Waals surface area contributed by atoms with Crippen LogP contribution >= 0.6 is 0 Å². The molecular formula is C11H9N3O2. The first-order valence-corrected chi connectivity index (χ1v) is 4.76. The van der Waals surface area contributed by atoms with E-state index in [2.05, 4.69) is 10.2 Å². The average molecular weight is 215 g/mol. The Morgan fingerprint density at radius 1 is 1.25 bits per heavy atom.